The highest BCUT2D eigenvalue weighted by molar-refractivity contribution is 5.45. The van der Waals surface area contributed by atoms with Gasteiger partial charge in [-0.05, 0) is 24.5 Å². The quantitative estimate of drug-likeness (QED) is 0.896. The van der Waals surface area contributed by atoms with E-state index in [1.165, 1.54) is 31.2 Å². The second-order valence-corrected chi connectivity index (χ2v) is 5.05. The lowest BCUT2D eigenvalue weighted by Gasteiger charge is -2.29. The fourth-order valence-electron chi connectivity index (χ4n) is 3.09. The van der Waals surface area contributed by atoms with Crippen LogP contribution in [-0.4, -0.2) is 21.3 Å². The van der Waals surface area contributed by atoms with E-state index in [0.29, 0.717) is 6.54 Å². The van der Waals surface area contributed by atoms with Crippen LogP contribution in [0.2, 0.25) is 0 Å². The molecule has 3 rings (SSSR count). The number of nitrogens with zero attached hydrogens (tertiary/aromatic N) is 3. The van der Waals surface area contributed by atoms with Gasteiger partial charge in [0.2, 0.25) is 0 Å². The molecule has 0 unspecified atom stereocenters. The molecule has 1 saturated carbocycles. The van der Waals surface area contributed by atoms with E-state index in [1.54, 1.807) is 12.7 Å². The van der Waals surface area contributed by atoms with Crippen LogP contribution < -0.4 is 5.73 Å². The fraction of sp³-hybridized carbons (Fsp3) is 0.429. The highest BCUT2D eigenvalue weighted by Gasteiger charge is 2.36. The predicted molar refractivity (Wildman–Crippen MR) is 70.6 cm³/mol. The third-order valence-electron chi connectivity index (χ3n) is 4.09. The molecule has 1 aliphatic carbocycles. The first-order valence-corrected chi connectivity index (χ1v) is 6.50. The van der Waals surface area contributed by atoms with Gasteiger partial charge in [-0.2, -0.15) is 5.10 Å². The van der Waals surface area contributed by atoms with E-state index in [4.69, 9.17) is 5.73 Å². The third-order valence-corrected chi connectivity index (χ3v) is 4.09. The number of rotatable bonds is 3. The Morgan fingerprint density at radius 2 is 2.00 bits per heavy atom. The van der Waals surface area contributed by atoms with Gasteiger partial charge in [-0.1, -0.05) is 31.0 Å². The van der Waals surface area contributed by atoms with Gasteiger partial charge in [0.1, 0.15) is 12.7 Å². The van der Waals surface area contributed by atoms with Crippen LogP contribution in [0.5, 0.6) is 0 Å². The molecule has 0 spiro atoms. The average molecular weight is 242 g/mol. The van der Waals surface area contributed by atoms with Crippen molar-refractivity contribution in [3.63, 3.8) is 0 Å². The summed E-state index contributed by atoms with van der Waals surface area (Å²) in [6.07, 6.45) is 8.20. The number of benzene rings is 1. The normalized spacial score (nSPS) is 18.1. The molecule has 0 amide bonds. The van der Waals surface area contributed by atoms with Crippen molar-refractivity contribution in [1.82, 2.24) is 14.8 Å². The fourth-order valence-corrected chi connectivity index (χ4v) is 3.09. The van der Waals surface area contributed by atoms with Crippen molar-refractivity contribution in [3.8, 4) is 5.69 Å². The third kappa shape index (κ3) is 1.73. The van der Waals surface area contributed by atoms with Gasteiger partial charge >= 0.3 is 0 Å². The van der Waals surface area contributed by atoms with Crippen LogP contribution >= 0.6 is 0 Å². The summed E-state index contributed by atoms with van der Waals surface area (Å²) in [6, 6.07) is 8.42. The van der Waals surface area contributed by atoms with E-state index in [2.05, 4.69) is 28.3 Å². The van der Waals surface area contributed by atoms with E-state index >= 15 is 0 Å². The molecule has 0 radical (unpaired) electrons. The molecule has 1 aliphatic rings. The van der Waals surface area contributed by atoms with Crippen molar-refractivity contribution in [1.29, 1.82) is 0 Å². The maximum atomic E-state index is 6.08. The zero-order valence-electron chi connectivity index (χ0n) is 10.4. The smallest absolute Gasteiger partial charge is 0.138 e. The van der Waals surface area contributed by atoms with Gasteiger partial charge in [0.25, 0.3) is 0 Å². The van der Waals surface area contributed by atoms with Gasteiger partial charge < -0.3 is 5.73 Å². The minimum absolute atomic E-state index is 0.128. The Labute approximate surface area is 107 Å². The number of aromatic nitrogens is 3. The van der Waals surface area contributed by atoms with E-state index < -0.39 is 0 Å². The van der Waals surface area contributed by atoms with Gasteiger partial charge in [-0.25, -0.2) is 9.67 Å². The molecule has 1 aromatic carbocycles. The Balaban J connectivity index is 2.12. The van der Waals surface area contributed by atoms with Crippen molar-refractivity contribution < 1.29 is 0 Å². The van der Waals surface area contributed by atoms with Gasteiger partial charge in [0.05, 0.1) is 5.69 Å². The lowest BCUT2D eigenvalue weighted by molar-refractivity contribution is 0.450. The van der Waals surface area contributed by atoms with E-state index in [1.807, 2.05) is 10.7 Å². The lowest BCUT2D eigenvalue weighted by Crippen LogP contribution is -2.33. The second-order valence-electron chi connectivity index (χ2n) is 5.05. The molecule has 94 valence electrons. The van der Waals surface area contributed by atoms with Crippen LogP contribution in [-0.2, 0) is 5.41 Å². The summed E-state index contributed by atoms with van der Waals surface area (Å²) in [7, 11) is 0. The first-order valence-electron chi connectivity index (χ1n) is 6.50. The van der Waals surface area contributed by atoms with Crippen molar-refractivity contribution in [2.45, 2.75) is 31.1 Å². The van der Waals surface area contributed by atoms with Crippen molar-refractivity contribution in [3.05, 3.63) is 42.5 Å². The summed E-state index contributed by atoms with van der Waals surface area (Å²) < 4.78 is 1.84. The molecule has 2 aromatic rings. The Morgan fingerprint density at radius 3 is 2.67 bits per heavy atom. The molecule has 4 nitrogen and oxygen atoms in total. The Morgan fingerprint density at radius 1 is 1.22 bits per heavy atom. The zero-order chi connectivity index (χ0) is 12.4. The van der Waals surface area contributed by atoms with Gasteiger partial charge in [0.15, 0.2) is 0 Å². The maximum absolute atomic E-state index is 6.08. The van der Waals surface area contributed by atoms with Gasteiger partial charge in [-0.3, -0.25) is 0 Å². The SMILES string of the molecule is NCC1(c2ccccc2-n2cncn2)CCCC1. The van der Waals surface area contributed by atoms with Crippen LogP contribution in [0.15, 0.2) is 36.9 Å². The zero-order valence-corrected chi connectivity index (χ0v) is 10.4. The average Bonchev–Trinajstić information content (AvgIpc) is 3.11. The van der Waals surface area contributed by atoms with Crippen LogP contribution in [0.1, 0.15) is 31.2 Å². The molecular formula is C14H18N4. The summed E-state index contributed by atoms with van der Waals surface area (Å²) in [5, 5.41) is 4.25. The molecular weight excluding hydrogens is 224 g/mol. The Bertz CT molecular complexity index is 512. The summed E-state index contributed by atoms with van der Waals surface area (Å²) in [5.74, 6) is 0. The monoisotopic (exact) mass is 242 g/mol. The highest BCUT2D eigenvalue weighted by Crippen LogP contribution is 2.42. The first-order chi connectivity index (χ1) is 8.86. The molecule has 1 aromatic heterocycles. The predicted octanol–water partition coefficient (Wildman–Crippen LogP) is 2.04. The number of nitrogens with two attached hydrogens (primary N) is 1. The number of hydrogen-bond donors (Lipinski definition) is 1. The van der Waals surface area contributed by atoms with Crippen LogP contribution in [0.25, 0.3) is 5.69 Å². The summed E-state index contributed by atoms with van der Waals surface area (Å²) >= 11 is 0. The topological polar surface area (TPSA) is 56.7 Å². The Kier molecular flexibility index (Phi) is 2.88. The lowest BCUT2D eigenvalue weighted by atomic mass is 9.78. The van der Waals surface area contributed by atoms with Crippen molar-refractivity contribution in [2.75, 3.05) is 6.54 Å². The first kappa shape index (κ1) is 11.4. The molecule has 0 atom stereocenters. The highest BCUT2D eigenvalue weighted by atomic mass is 15.3. The molecule has 0 aliphatic heterocycles. The second kappa shape index (κ2) is 4.53. The van der Waals surface area contributed by atoms with Crippen LogP contribution in [0, 0.1) is 0 Å². The van der Waals surface area contributed by atoms with Gasteiger partial charge in [-0.15, -0.1) is 0 Å². The standard InChI is InChI=1S/C14H18N4/c15-9-14(7-3-4-8-14)12-5-1-2-6-13(12)18-11-16-10-17-18/h1-2,5-6,10-11H,3-4,7-9,15H2. The summed E-state index contributed by atoms with van der Waals surface area (Å²) in [6.45, 7) is 0.707. The van der Waals surface area contributed by atoms with Crippen LogP contribution in [0.3, 0.4) is 0 Å². The molecule has 1 heterocycles. The largest absolute Gasteiger partial charge is 0.330 e. The van der Waals surface area contributed by atoms with E-state index in [0.717, 1.165) is 5.69 Å². The molecule has 2 N–H and O–H groups in total. The summed E-state index contributed by atoms with van der Waals surface area (Å²) in [5.41, 5.74) is 8.63. The van der Waals surface area contributed by atoms with Crippen LogP contribution in [0.4, 0.5) is 0 Å². The van der Waals surface area contributed by atoms with Crippen molar-refractivity contribution >= 4 is 0 Å². The summed E-state index contributed by atoms with van der Waals surface area (Å²) in [4.78, 5) is 4.04. The minimum atomic E-state index is 0.128. The molecule has 18 heavy (non-hydrogen) atoms. The number of hydrogen-bond acceptors (Lipinski definition) is 3. The molecule has 0 saturated heterocycles. The van der Waals surface area contributed by atoms with E-state index in [-0.39, 0.29) is 5.41 Å². The molecule has 0 bridgehead atoms. The van der Waals surface area contributed by atoms with E-state index in [9.17, 15) is 0 Å². The minimum Gasteiger partial charge on any atom is -0.330 e. The number of para-hydroxylation sites is 1. The van der Waals surface area contributed by atoms with Crippen molar-refractivity contribution in [2.24, 2.45) is 5.73 Å². The molecule has 4 heteroatoms. The Hall–Kier alpha value is -1.68. The maximum Gasteiger partial charge on any atom is 0.138 e. The molecule has 1 fully saturated rings. The van der Waals surface area contributed by atoms with Gasteiger partial charge in [0, 0.05) is 12.0 Å².